The van der Waals surface area contributed by atoms with Crippen LogP contribution in [0.25, 0.3) is 27.5 Å². The number of carbonyl (C=O) groups is 1. The van der Waals surface area contributed by atoms with Gasteiger partial charge in [-0.1, -0.05) is 13.8 Å². The molecule has 0 aliphatic carbocycles. The van der Waals surface area contributed by atoms with E-state index in [1.54, 1.807) is 25.4 Å². The summed E-state index contributed by atoms with van der Waals surface area (Å²) in [5, 5.41) is 18.7. The van der Waals surface area contributed by atoms with Crippen molar-refractivity contribution < 1.29 is 28.5 Å². The van der Waals surface area contributed by atoms with Gasteiger partial charge in [-0.15, -0.1) is 0 Å². The summed E-state index contributed by atoms with van der Waals surface area (Å²) in [5.41, 5.74) is 4.00. The van der Waals surface area contributed by atoms with Gasteiger partial charge in [0.25, 0.3) is 0 Å². The van der Waals surface area contributed by atoms with Gasteiger partial charge >= 0.3 is 5.97 Å². The minimum absolute atomic E-state index is 0.140. The molecular formula is C26H28FN3O5. The SMILES string of the molecule is COCC(C)(C)c1c(C2CO[C@H](C(=O)O)C2)c2cc3[nH]ncc3cc2n1-c1ccc(F)c(OC)c1. The Morgan fingerprint density at radius 2 is 2.11 bits per heavy atom. The summed E-state index contributed by atoms with van der Waals surface area (Å²) in [6, 6.07) is 8.88. The van der Waals surface area contributed by atoms with Crippen LogP contribution in [0.1, 0.15) is 37.4 Å². The Kier molecular flexibility index (Phi) is 5.77. The van der Waals surface area contributed by atoms with Crippen molar-refractivity contribution in [3.63, 3.8) is 0 Å². The number of aromatic nitrogens is 3. The van der Waals surface area contributed by atoms with E-state index in [4.69, 9.17) is 14.2 Å². The zero-order valence-corrected chi connectivity index (χ0v) is 20.1. The number of halogens is 1. The molecule has 9 heteroatoms. The minimum Gasteiger partial charge on any atom is -0.494 e. The van der Waals surface area contributed by atoms with Crippen molar-refractivity contribution in [3.8, 4) is 11.4 Å². The number of nitrogens with one attached hydrogen (secondary N) is 1. The number of benzene rings is 2. The van der Waals surface area contributed by atoms with Crippen molar-refractivity contribution >= 4 is 27.8 Å². The molecule has 0 radical (unpaired) electrons. The highest BCUT2D eigenvalue weighted by atomic mass is 19.1. The fourth-order valence-electron chi connectivity index (χ4n) is 5.31. The van der Waals surface area contributed by atoms with E-state index in [-0.39, 0.29) is 11.7 Å². The third kappa shape index (κ3) is 3.84. The van der Waals surface area contributed by atoms with Crippen LogP contribution >= 0.6 is 0 Å². The number of H-pyrrole nitrogens is 1. The van der Waals surface area contributed by atoms with E-state index in [1.807, 2.05) is 12.1 Å². The fourth-order valence-corrected chi connectivity index (χ4v) is 5.31. The third-order valence-corrected chi connectivity index (χ3v) is 6.79. The molecule has 0 saturated carbocycles. The van der Waals surface area contributed by atoms with Crippen LogP contribution in [0.3, 0.4) is 0 Å². The molecule has 184 valence electrons. The number of fused-ring (bicyclic) bond motifs is 2. The summed E-state index contributed by atoms with van der Waals surface area (Å²) in [6.45, 7) is 4.89. The predicted molar refractivity (Wildman–Crippen MR) is 129 cm³/mol. The summed E-state index contributed by atoms with van der Waals surface area (Å²) >= 11 is 0. The van der Waals surface area contributed by atoms with Crippen LogP contribution in [-0.2, 0) is 19.7 Å². The van der Waals surface area contributed by atoms with Crippen LogP contribution < -0.4 is 4.74 Å². The molecule has 2 atom stereocenters. The Morgan fingerprint density at radius 3 is 2.80 bits per heavy atom. The van der Waals surface area contributed by atoms with Gasteiger partial charge in [0.2, 0.25) is 0 Å². The normalized spacial score (nSPS) is 18.5. The number of hydrogen-bond acceptors (Lipinski definition) is 5. The van der Waals surface area contributed by atoms with E-state index in [2.05, 4.69) is 28.6 Å². The van der Waals surface area contributed by atoms with Crippen LogP contribution in [0.4, 0.5) is 4.39 Å². The smallest absolute Gasteiger partial charge is 0.332 e. The lowest BCUT2D eigenvalue weighted by Crippen LogP contribution is -2.29. The lowest BCUT2D eigenvalue weighted by atomic mass is 9.82. The second-order valence-corrected chi connectivity index (χ2v) is 9.65. The van der Waals surface area contributed by atoms with Crippen molar-refractivity contribution in [2.45, 2.75) is 37.7 Å². The lowest BCUT2D eigenvalue weighted by molar-refractivity contribution is -0.147. The highest BCUT2D eigenvalue weighted by Crippen LogP contribution is 2.45. The van der Waals surface area contributed by atoms with Gasteiger partial charge in [-0.25, -0.2) is 9.18 Å². The molecule has 1 saturated heterocycles. The molecule has 2 aromatic carbocycles. The third-order valence-electron chi connectivity index (χ3n) is 6.79. The number of aromatic amines is 1. The number of carboxylic acids is 1. The van der Waals surface area contributed by atoms with E-state index in [0.29, 0.717) is 19.6 Å². The van der Waals surface area contributed by atoms with Gasteiger partial charge in [0, 0.05) is 46.7 Å². The van der Waals surface area contributed by atoms with Gasteiger partial charge in [0.1, 0.15) is 0 Å². The average molecular weight is 482 g/mol. The van der Waals surface area contributed by atoms with Crippen LogP contribution in [0.5, 0.6) is 5.75 Å². The maximum absolute atomic E-state index is 14.4. The molecule has 0 spiro atoms. The van der Waals surface area contributed by atoms with Gasteiger partial charge < -0.3 is 23.9 Å². The Balaban J connectivity index is 1.87. The van der Waals surface area contributed by atoms with Crippen molar-refractivity contribution in [2.24, 2.45) is 0 Å². The molecule has 0 amide bonds. The number of carboxylic acid groups (broad SMARTS) is 1. The molecule has 3 heterocycles. The molecule has 1 unspecified atom stereocenters. The Hall–Kier alpha value is -3.43. The second kappa shape index (κ2) is 8.66. The van der Waals surface area contributed by atoms with Crippen molar-refractivity contribution in [1.82, 2.24) is 14.8 Å². The standard InChI is InChI=1S/C26H28FN3O5/c1-26(2,13-33-3)24-23(15-8-22(25(31)32)35-12-15)17-10-19-14(11-28-29-19)7-20(17)30(24)16-5-6-18(27)21(9-16)34-4/h5-7,9-11,15,22H,8,12-13H2,1-4H3,(H,28,29)(H,31,32)/t15?,22-/m0/s1. The molecule has 35 heavy (non-hydrogen) atoms. The lowest BCUT2D eigenvalue weighted by Gasteiger charge is -2.29. The maximum Gasteiger partial charge on any atom is 0.332 e. The first kappa shape index (κ1) is 23.3. The monoisotopic (exact) mass is 481 g/mol. The Labute approximate surface area is 201 Å². The fraction of sp³-hybridized carbons (Fsp3) is 0.385. The zero-order valence-electron chi connectivity index (χ0n) is 20.1. The van der Waals surface area contributed by atoms with Gasteiger partial charge in [-0.05, 0) is 36.2 Å². The quantitative estimate of drug-likeness (QED) is 0.402. The van der Waals surface area contributed by atoms with Gasteiger partial charge in [0.15, 0.2) is 17.7 Å². The molecule has 1 fully saturated rings. The van der Waals surface area contributed by atoms with E-state index in [0.717, 1.165) is 38.8 Å². The van der Waals surface area contributed by atoms with E-state index >= 15 is 0 Å². The summed E-state index contributed by atoms with van der Waals surface area (Å²) < 4.78 is 33.0. The molecule has 8 nitrogen and oxygen atoms in total. The number of hydrogen-bond donors (Lipinski definition) is 2. The summed E-state index contributed by atoms with van der Waals surface area (Å²) in [4.78, 5) is 11.7. The number of ether oxygens (including phenoxy) is 3. The number of aliphatic carboxylic acids is 1. The topological polar surface area (TPSA) is 98.6 Å². The molecular weight excluding hydrogens is 453 g/mol. The van der Waals surface area contributed by atoms with Crippen molar-refractivity contribution in [3.05, 3.63) is 53.6 Å². The van der Waals surface area contributed by atoms with Gasteiger partial charge in [-0.3, -0.25) is 5.10 Å². The Morgan fingerprint density at radius 1 is 1.31 bits per heavy atom. The number of nitrogens with zero attached hydrogens (tertiary/aromatic N) is 2. The van der Waals surface area contributed by atoms with Gasteiger partial charge in [0.05, 0.1) is 37.6 Å². The first-order valence-electron chi connectivity index (χ1n) is 11.4. The van der Waals surface area contributed by atoms with Crippen LogP contribution in [0, 0.1) is 5.82 Å². The highest BCUT2D eigenvalue weighted by Gasteiger charge is 2.39. The summed E-state index contributed by atoms with van der Waals surface area (Å²) in [6.07, 6.45) is 1.26. The molecule has 4 aromatic rings. The van der Waals surface area contributed by atoms with Crippen LogP contribution in [0.15, 0.2) is 36.5 Å². The maximum atomic E-state index is 14.4. The average Bonchev–Trinajstić information content (AvgIpc) is 3.54. The van der Waals surface area contributed by atoms with E-state index in [9.17, 15) is 14.3 Å². The van der Waals surface area contributed by atoms with Crippen LogP contribution in [-0.4, -0.2) is 59.4 Å². The zero-order chi connectivity index (χ0) is 24.9. The molecule has 1 aliphatic heterocycles. The summed E-state index contributed by atoms with van der Waals surface area (Å²) in [5.74, 6) is -1.42. The minimum atomic E-state index is -0.965. The van der Waals surface area contributed by atoms with Crippen molar-refractivity contribution in [2.75, 3.05) is 27.4 Å². The highest BCUT2D eigenvalue weighted by molar-refractivity contribution is 5.99. The second-order valence-electron chi connectivity index (χ2n) is 9.65. The largest absolute Gasteiger partial charge is 0.494 e. The molecule has 2 aromatic heterocycles. The van der Waals surface area contributed by atoms with Crippen LogP contribution in [0.2, 0.25) is 0 Å². The van der Waals surface area contributed by atoms with E-state index in [1.165, 1.54) is 13.2 Å². The number of methoxy groups -OCH3 is 2. The Bertz CT molecular complexity index is 1420. The molecule has 0 bridgehead atoms. The first-order chi connectivity index (χ1) is 16.7. The number of rotatable bonds is 7. The van der Waals surface area contributed by atoms with Crippen molar-refractivity contribution in [1.29, 1.82) is 0 Å². The molecule has 1 aliphatic rings. The van der Waals surface area contributed by atoms with Gasteiger partial charge in [-0.2, -0.15) is 5.10 Å². The predicted octanol–water partition coefficient (Wildman–Crippen LogP) is 4.54. The summed E-state index contributed by atoms with van der Waals surface area (Å²) in [7, 11) is 3.09. The van der Waals surface area contributed by atoms with E-state index < -0.39 is 23.3 Å². The molecule has 5 rings (SSSR count). The first-order valence-corrected chi connectivity index (χ1v) is 11.4. The molecule has 2 N–H and O–H groups in total.